The number of methoxy groups -OCH3 is 1. The van der Waals surface area contributed by atoms with Crippen LogP contribution < -0.4 is 14.8 Å². The molecule has 2 aromatic rings. The van der Waals surface area contributed by atoms with Crippen LogP contribution in [0.4, 0.5) is 5.69 Å². The molecule has 0 heterocycles. The molecule has 0 aliphatic carbocycles. The van der Waals surface area contributed by atoms with Crippen molar-refractivity contribution in [2.24, 2.45) is 0 Å². The summed E-state index contributed by atoms with van der Waals surface area (Å²) in [6.45, 7) is 7.56. The van der Waals surface area contributed by atoms with Crippen molar-refractivity contribution >= 4 is 17.6 Å². The molecule has 6 heteroatoms. The number of carbonyl (C=O) groups is 2. The van der Waals surface area contributed by atoms with Crippen LogP contribution >= 0.6 is 0 Å². The number of carbonyl (C=O) groups excluding carboxylic acids is 2. The van der Waals surface area contributed by atoms with E-state index < -0.39 is 24.6 Å². The van der Waals surface area contributed by atoms with Crippen LogP contribution in [0.2, 0.25) is 0 Å². The van der Waals surface area contributed by atoms with Crippen molar-refractivity contribution in [2.45, 2.75) is 39.2 Å². The first kappa shape index (κ1) is 21.3. The molecule has 0 unspecified atom stereocenters. The van der Waals surface area contributed by atoms with Crippen LogP contribution in [0.3, 0.4) is 0 Å². The van der Waals surface area contributed by atoms with Gasteiger partial charge in [0.15, 0.2) is 12.7 Å². The van der Waals surface area contributed by atoms with Crippen LogP contribution in [-0.2, 0) is 19.7 Å². The van der Waals surface area contributed by atoms with E-state index in [4.69, 9.17) is 14.2 Å². The van der Waals surface area contributed by atoms with Crippen LogP contribution in [0.15, 0.2) is 48.5 Å². The highest BCUT2D eigenvalue weighted by molar-refractivity contribution is 5.93. The lowest BCUT2D eigenvalue weighted by atomic mass is 9.87. The first-order valence-electron chi connectivity index (χ1n) is 9.07. The van der Waals surface area contributed by atoms with Gasteiger partial charge in [-0.05, 0) is 42.2 Å². The van der Waals surface area contributed by atoms with E-state index >= 15 is 0 Å². The van der Waals surface area contributed by atoms with Crippen LogP contribution in [0.5, 0.6) is 11.5 Å². The van der Waals surface area contributed by atoms with Gasteiger partial charge in [-0.3, -0.25) is 4.79 Å². The third-order valence-electron chi connectivity index (χ3n) is 4.06. The zero-order valence-corrected chi connectivity index (χ0v) is 16.9. The summed E-state index contributed by atoms with van der Waals surface area (Å²) in [7, 11) is 1.54. The molecule has 0 fully saturated rings. The molecule has 0 radical (unpaired) electrons. The minimum atomic E-state index is -0.829. The Morgan fingerprint density at radius 1 is 1.04 bits per heavy atom. The van der Waals surface area contributed by atoms with Crippen molar-refractivity contribution < 1.29 is 23.8 Å². The summed E-state index contributed by atoms with van der Waals surface area (Å²) in [6.07, 6.45) is -0.829. The Balaban J connectivity index is 1.82. The predicted octanol–water partition coefficient (Wildman–Crippen LogP) is 3.94. The number of benzene rings is 2. The fourth-order valence-corrected chi connectivity index (χ4v) is 2.44. The summed E-state index contributed by atoms with van der Waals surface area (Å²) in [5, 5.41) is 2.64. The Hall–Kier alpha value is -3.02. The third-order valence-corrected chi connectivity index (χ3v) is 4.06. The van der Waals surface area contributed by atoms with Gasteiger partial charge in [-0.25, -0.2) is 4.79 Å². The number of hydrogen-bond donors (Lipinski definition) is 1. The minimum absolute atomic E-state index is 0.0409. The fourth-order valence-electron chi connectivity index (χ4n) is 2.44. The van der Waals surface area contributed by atoms with Crippen molar-refractivity contribution in [3.63, 3.8) is 0 Å². The summed E-state index contributed by atoms with van der Waals surface area (Å²) < 4.78 is 15.7. The molecule has 0 saturated carbocycles. The van der Waals surface area contributed by atoms with Gasteiger partial charge in [0, 0.05) is 11.8 Å². The maximum absolute atomic E-state index is 12.1. The molecule has 1 amide bonds. The van der Waals surface area contributed by atoms with Crippen LogP contribution in [0.25, 0.3) is 0 Å². The Morgan fingerprint density at radius 3 is 2.32 bits per heavy atom. The zero-order valence-electron chi connectivity index (χ0n) is 16.9. The van der Waals surface area contributed by atoms with Gasteiger partial charge in [0.05, 0.1) is 7.11 Å². The van der Waals surface area contributed by atoms with E-state index in [0.29, 0.717) is 17.2 Å². The molecule has 2 rings (SSSR count). The molecule has 0 aromatic heterocycles. The second kappa shape index (κ2) is 9.26. The molecule has 0 saturated heterocycles. The van der Waals surface area contributed by atoms with Gasteiger partial charge in [-0.15, -0.1) is 0 Å². The van der Waals surface area contributed by atoms with Gasteiger partial charge in [-0.2, -0.15) is 0 Å². The minimum Gasteiger partial charge on any atom is -0.497 e. The summed E-state index contributed by atoms with van der Waals surface area (Å²) >= 11 is 0. The molecule has 2 aromatic carbocycles. The van der Waals surface area contributed by atoms with Crippen LogP contribution in [-0.4, -0.2) is 31.7 Å². The number of ether oxygens (including phenoxy) is 3. The average Bonchev–Trinajstić information content (AvgIpc) is 2.66. The van der Waals surface area contributed by atoms with Gasteiger partial charge in [0.25, 0.3) is 5.91 Å². The predicted molar refractivity (Wildman–Crippen MR) is 108 cm³/mol. The van der Waals surface area contributed by atoms with Gasteiger partial charge >= 0.3 is 5.97 Å². The van der Waals surface area contributed by atoms with E-state index in [-0.39, 0.29) is 5.41 Å². The largest absolute Gasteiger partial charge is 0.497 e. The molecule has 0 spiro atoms. The Kier molecular flexibility index (Phi) is 7.04. The molecule has 1 atom stereocenters. The molecule has 1 N–H and O–H groups in total. The molecule has 150 valence electrons. The maximum atomic E-state index is 12.1. The molecule has 0 aliphatic heterocycles. The standard InChI is InChI=1S/C22H27NO5/c1-15(28-18-11-9-16(10-12-18)22(2,3)4)21(25)27-14-20(24)23-17-7-6-8-19(13-17)26-5/h6-13,15H,14H2,1-5H3,(H,23,24)/t15-/m1/s1. The maximum Gasteiger partial charge on any atom is 0.347 e. The van der Waals surface area contributed by atoms with E-state index in [0.717, 1.165) is 0 Å². The second-order valence-electron chi connectivity index (χ2n) is 7.42. The van der Waals surface area contributed by atoms with E-state index in [1.807, 2.05) is 24.3 Å². The van der Waals surface area contributed by atoms with Crippen molar-refractivity contribution in [1.29, 1.82) is 0 Å². The third kappa shape index (κ3) is 6.30. The van der Waals surface area contributed by atoms with Gasteiger partial charge in [0.2, 0.25) is 0 Å². The van der Waals surface area contributed by atoms with Gasteiger partial charge in [0.1, 0.15) is 11.5 Å². The van der Waals surface area contributed by atoms with Crippen molar-refractivity contribution in [2.75, 3.05) is 19.0 Å². The molecule has 0 bridgehead atoms. The lowest BCUT2D eigenvalue weighted by Gasteiger charge is -2.20. The Labute approximate surface area is 165 Å². The summed E-state index contributed by atoms with van der Waals surface area (Å²) in [5.41, 5.74) is 1.77. The quantitative estimate of drug-likeness (QED) is 0.731. The number of nitrogens with one attached hydrogen (secondary N) is 1. The topological polar surface area (TPSA) is 73.9 Å². The van der Waals surface area contributed by atoms with Crippen LogP contribution in [0, 0.1) is 0 Å². The van der Waals surface area contributed by atoms with Gasteiger partial charge < -0.3 is 19.5 Å². The summed E-state index contributed by atoms with van der Waals surface area (Å²) in [6, 6.07) is 14.5. The first-order valence-corrected chi connectivity index (χ1v) is 9.07. The molecule has 28 heavy (non-hydrogen) atoms. The van der Waals surface area contributed by atoms with Crippen LogP contribution in [0.1, 0.15) is 33.3 Å². The number of esters is 1. The van der Waals surface area contributed by atoms with E-state index in [1.54, 1.807) is 38.3 Å². The monoisotopic (exact) mass is 385 g/mol. The Bertz CT molecular complexity index is 808. The summed E-state index contributed by atoms with van der Waals surface area (Å²) in [4.78, 5) is 24.0. The Morgan fingerprint density at radius 2 is 1.71 bits per heavy atom. The molecular formula is C22H27NO5. The molecule has 6 nitrogen and oxygen atoms in total. The van der Waals surface area contributed by atoms with E-state index in [1.165, 1.54) is 5.56 Å². The molecule has 0 aliphatic rings. The highest BCUT2D eigenvalue weighted by Gasteiger charge is 2.19. The van der Waals surface area contributed by atoms with Crippen molar-refractivity contribution in [3.05, 3.63) is 54.1 Å². The second-order valence-corrected chi connectivity index (χ2v) is 7.42. The smallest absolute Gasteiger partial charge is 0.347 e. The van der Waals surface area contributed by atoms with Crippen molar-refractivity contribution in [3.8, 4) is 11.5 Å². The number of anilines is 1. The van der Waals surface area contributed by atoms with E-state index in [9.17, 15) is 9.59 Å². The molecular weight excluding hydrogens is 358 g/mol. The first-order chi connectivity index (χ1) is 13.2. The number of hydrogen-bond acceptors (Lipinski definition) is 5. The zero-order chi connectivity index (χ0) is 20.7. The summed E-state index contributed by atoms with van der Waals surface area (Å²) in [5.74, 6) is 0.136. The lowest BCUT2D eigenvalue weighted by Crippen LogP contribution is -2.29. The van der Waals surface area contributed by atoms with E-state index in [2.05, 4.69) is 26.1 Å². The lowest BCUT2D eigenvalue weighted by molar-refractivity contribution is -0.153. The number of amides is 1. The SMILES string of the molecule is COc1cccc(NC(=O)COC(=O)[C@@H](C)Oc2ccc(C(C)(C)C)cc2)c1. The van der Waals surface area contributed by atoms with Gasteiger partial charge in [-0.1, -0.05) is 39.0 Å². The number of rotatable bonds is 7. The highest BCUT2D eigenvalue weighted by Crippen LogP contribution is 2.24. The normalized spacial score (nSPS) is 12.0. The fraction of sp³-hybridized carbons (Fsp3) is 0.364. The highest BCUT2D eigenvalue weighted by atomic mass is 16.6. The average molecular weight is 385 g/mol. The van der Waals surface area contributed by atoms with Crippen molar-refractivity contribution in [1.82, 2.24) is 0 Å².